The van der Waals surface area contributed by atoms with Crippen molar-refractivity contribution < 1.29 is 44.5 Å². The fraction of sp³-hybridized carbons (Fsp3) is 0.146. The number of rotatable bonds is 8. The van der Waals surface area contributed by atoms with Crippen molar-refractivity contribution in [2.75, 3.05) is 0 Å². The first-order valence-corrected chi connectivity index (χ1v) is 36.0. The second-order valence-corrected chi connectivity index (χ2v) is 27.2. The number of nitrogens with zero attached hydrogens (tertiary/aromatic N) is 8. The summed E-state index contributed by atoms with van der Waals surface area (Å²) in [7, 11) is 0. The van der Waals surface area contributed by atoms with E-state index in [1.165, 1.54) is 23.8 Å². The first-order valence-electron chi connectivity index (χ1n) is 34.5. The highest BCUT2D eigenvalue weighted by Gasteiger charge is 2.16. The van der Waals surface area contributed by atoms with E-state index in [2.05, 4.69) is 65.9 Å². The smallest absolute Gasteiger partial charge is 0.165 e. The van der Waals surface area contributed by atoms with E-state index in [1.54, 1.807) is 79.5 Å². The van der Waals surface area contributed by atoms with Crippen LogP contribution in [0.25, 0.3) is 78.9 Å². The van der Waals surface area contributed by atoms with Gasteiger partial charge < -0.3 is 35.7 Å². The lowest BCUT2D eigenvalue weighted by Gasteiger charge is -2.10. The van der Waals surface area contributed by atoms with Crippen LogP contribution in [0.15, 0.2) is 225 Å². The van der Waals surface area contributed by atoms with Gasteiger partial charge >= 0.3 is 0 Å². The predicted octanol–water partition coefficient (Wildman–Crippen LogP) is 23.4. The van der Waals surface area contributed by atoms with Crippen LogP contribution >= 0.6 is 46.4 Å². The van der Waals surface area contributed by atoms with Gasteiger partial charge in [0.05, 0.1) is 49.2 Å². The largest absolute Gasteiger partial charge is 0.508 e. The van der Waals surface area contributed by atoms with Crippen LogP contribution in [0.3, 0.4) is 0 Å². The average Bonchev–Trinajstić information content (AvgIpc) is 0.519. The fourth-order valence-corrected chi connectivity index (χ4v) is 11.8. The van der Waals surface area contributed by atoms with Gasteiger partial charge in [-0.05, 0) is 290 Å². The first-order chi connectivity index (χ1) is 52.4. The molecule has 0 atom stereocenters. The quantitative estimate of drug-likeness (QED) is 0.0700. The third-order valence-corrected chi connectivity index (χ3v) is 18.1. The van der Waals surface area contributed by atoms with Gasteiger partial charge in [0, 0.05) is 93.4 Å². The molecule has 7 N–H and O–H groups in total. The summed E-state index contributed by atoms with van der Waals surface area (Å²) >= 11 is 23.5. The van der Waals surface area contributed by atoms with Crippen molar-refractivity contribution in [3.05, 3.63) is 324 Å². The summed E-state index contributed by atoms with van der Waals surface area (Å²) in [6.07, 6.45) is 9.52. The van der Waals surface area contributed by atoms with Crippen LogP contribution in [0.4, 0.5) is 8.78 Å². The predicted molar refractivity (Wildman–Crippen MR) is 439 cm³/mol. The summed E-state index contributed by atoms with van der Waals surface area (Å²) in [4.78, 5) is 34.1. The fourth-order valence-electron chi connectivity index (χ4n) is 11.0. The van der Waals surface area contributed by atoms with Crippen LogP contribution in [-0.2, 0) is 6.42 Å². The molecule has 14 rings (SSSR count). The summed E-state index contributed by atoms with van der Waals surface area (Å²) in [5.74, 6) is -0.179. The maximum absolute atomic E-state index is 13.4. The maximum atomic E-state index is 13.4. The molecule has 7 heterocycles. The number of hydrogen-bond acceptors (Lipinski definition) is 15. The summed E-state index contributed by atoms with van der Waals surface area (Å²) in [6, 6.07) is 56.5. The number of aromatic hydroxyl groups is 7. The van der Waals surface area contributed by atoms with E-state index in [4.69, 9.17) is 51.5 Å². The Morgan fingerprint density at radius 2 is 0.673 bits per heavy atom. The van der Waals surface area contributed by atoms with Gasteiger partial charge in [0.15, 0.2) is 17.4 Å². The van der Waals surface area contributed by atoms with Crippen molar-refractivity contribution in [1.29, 1.82) is 0 Å². The third-order valence-electron chi connectivity index (χ3n) is 17.0. The molecule has 7 aromatic carbocycles. The van der Waals surface area contributed by atoms with E-state index < -0.39 is 17.4 Å². The Morgan fingerprint density at radius 3 is 1.14 bits per heavy atom. The maximum Gasteiger partial charge on any atom is 0.165 e. The Balaban J connectivity index is 0.000000161. The number of aryl methyl sites for hydroxylation is 12. The zero-order chi connectivity index (χ0) is 80.0. The molecule has 14 aromatic rings. The molecular weight excluding hydrogens is 1470 g/mol. The minimum absolute atomic E-state index is 0.0265. The molecule has 110 heavy (non-hydrogen) atoms. The number of phenolic OH excluding ortho intramolecular Hbond substituents is 7. The van der Waals surface area contributed by atoms with Crippen molar-refractivity contribution in [3.63, 3.8) is 0 Å². The molecule has 0 saturated carbocycles. The molecule has 15 nitrogen and oxygen atoms in total. The number of aromatic nitrogens is 8. The van der Waals surface area contributed by atoms with Gasteiger partial charge in [-0.3, -0.25) is 24.9 Å². The van der Waals surface area contributed by atoms with Gasteiger partial charge in [0.25, 0.3) is 0 Å². The normalized spacial score (nSPS) is 10.4. The summed E-state index contributed by atoms with van der Waals surface area (Å²) in [6.45, 7) is 23.5. The molecular formula is C89H82Cl4F2N8O7. The number of hydrogen-bond donors (Lipinski definition) is 7. The SMILES string of the molecule is CCc1cccc(-c2cc(C)c(O)cc2C)n1.Cc1cc(-c2ccccn2)c(C)cc1O.Cc1cc(-c2ccccn2)c(Cl)cc1O.Cc1cc(-c2ncccn2)c(C)cc1O.Cc1cc(C)nc(-c2cc(C)c(O)cc2C)c1.Oc1cc(Cl)c(-c2ccccn2)cc1Cl.Oc1cc(F)c(-c2cccc(Cl)n2)cc1F. The van der Waals surface area contributed by atoms with E-state index in [-0.39, 0.29) is 32.9 Å². The van der Waals surface area contributed by atoms with Crippen LogP contribution in [0.5, 0.6) is 40.2 Å². The number of phenols is 7. The van der Waals surface area contributed by atoms with Gasteiger partial charge in [-0.25, -0.2) is 23.7 Å². The molecule has 0 bridgehead atoms. The number of pyridine rings is 6. The van der Waals surface area contributed by atoms with Crippen LogP contribution in [-0.4, -0.2) is 75.6 Å². The molecule has 562 valence electrons. The van der Waals surface area contributed by atoms with E-state index in [0.717, 1.165) is 130 Å². The summed E-state index contributed by atoms with van der Waals surface area (Å²) in [5, 5.41) is 67.5. The Bertz CT molecular complexity index is 5110. The topological polar surface area (TPSA) is 245 Å². The highest BCUT2D eigenvalue weighted by Crippen LogP contribution is 2.38. The molecule has 21 heteroatoms. The molecule has 0 aliphatic heterocycles. The second-order valence-electron chi connectivity index (χ2n) is 25.6. The molecule has 7 aromatic heterocycles. The highest BCUT2D eigenvalue weighted by atomic mass is 35.5. The third kappa shape index (κ3) is 23.1. The lowest BCUT2D eigenvalue weighted by atomic mass is 10.0. The molecule has 0 radical (unpaired) electrons. The Labute approximate surface area is 659 Å². The zero-order valence-corrected chi connectivity index (χ0v) is 65.6. The summed E-state index contributed by atoms with van der Waals surface area (Å²) in [5.41, 5.74) is 22.1. The van der Waals surface area contributed by atoms with Crippen LogP contribution in [0, 0.1) is 87.8 Å². The van der Waals surface area contributed by atoms with Gasteiger partial charge in [-0.15, -0.1) is 0 Å². The first kappa shape index (κ1) is 83.8. The zero-order valence-electron chi connectivity index (χ0n) is 62.5. The van der Waals surface area contributed by atoms with Crippen LogP contribution in [0.1, 0.15) is 73.9 Å². The van der Waals surface area contributed by atoms with Gasteiger partial charge in [-0.2, -0.15) is 0 Å². The minimum atomic E-state index is -0.904. The van der Waals surface area contributed by atoms with Crippen LogP contribution < -0.4 is 0 Å². The highest BCUT2D eigenvalue weighted by molar-refractivity contribution is 6.36. The average molecular weight is 1560 g/mol. The van der Waals surface area contributed by atoms with Crippen molar-refractivity contribution in [1.82, 2.24) is 39.9 Å². The number of benzene rings is 7. The standard InChI is InChI=1S/2C15H17NO.C13H13NO.C12H10ClNO.C12H12N2O.C11H7Cl2NO.C11H6ClF2NO/c1-9-5-12(4)16-14(6-9)13-7-11(3)15(17)8-10(13)2;1-4-12-6-5-7-14(16-12)13-8-11(3)15(17)9-10(13)2;1-9-8-13(15)10(2)7-11(9)12-5-3-4-6-14-12;1-8-6-9(10(13)7-12(8)15)11-4-2-3-5-14-11;1-8-7-11(15)9(2)6-10(8)12-13-4-3-5-14-12;12-8-6-11(15)9(13)5-7(8)10-3-1-2-4-14-10;12-11-3-1-2-9(15-11)6-4-8(14)10(16)5-7(6)13/h5-8,17H,1-4H3;5-9,17H,4H2,1-3H3;3-8,15H,1-2H3;2-7,15H,1H3;3-7,15H,1-2H3;1-6,15H;1-5,16H. The monoisotopic (exact) mass is 1550 g/mol. The number of halogens is 6. The van der Waals surface area contributed by atoms with E-state index >= 15 is 0 Å². The van der Waals surface area contributed by atoms with E-state index in [9.17, 15) is 39.4 Å². The van der Waals surface area contributed by atoms with Crippen LogP contribution in [0.2, 0.25) is 20.2 Å². The van der Waals surface area contributed by atoms with Gasteiger partial charge in [-0.1, -0.05) is 83.7 Å². The lowest BCUT2D eigenvalue weighted by molar-refractivity contribution is 0.427. The van der Waals surface area contributed by atoms with Crippen molar-refractivity contribution in [3.8, 4) is 119 Å². The van der Waals surface area contributed by atoms with Crippen molar-refractivity contribution in [2.45, 2.75) is 89.5 Å². The molecule has 0 aliphatic rings. The molecule has 0 saturated heterocycles. The molecule has 0 amide bonds. The Morgan fingerprint density at radius 1 is 0.282 bits per heavy atom. The van der Waals surface area contributed by atoms with Gasteiger partial charge in [0.2, 0.25) is 0 Å². The van der Waals surface area contributed by atoms with Gasteiger partial charge in [0.1, 0.15) is 45.5 Å². The molecule has 0 fully saturated rings. The minimum Gasteiger partial charge on any atom is -0.508 e. The van der Waals surface area contributed by atoms with E-state index in [0.29, 0.717) is 50.5 Å². The summed E-state index contributed by atoms with van der Waals surface area (Å²) < 4.78 is 26.5. The van der Waals surface area contributed by atoms with Crippen molar-refractivity contribution >= 4 is 46.4 Å². The molecule has 0 aliphatic carbocycles. The van der Waals surface area contributed by atoms with Crippen molar-refractivity contribution in [2.24, 2.45) is 0 Å². The van der Waals surface area contributed by atoms with E-state index in [1.807, 2.05) is 172 Å². The molecule has 0 spiro atoms. The Hall–Kier alpha value is -11.9. The molecule has 0 unspecified atom stereocenters. The Kier molecular flexibility index (Phi) is 29.9. The second kappa shape index (κ2) is 39.3. The lowest BCUT2D eigenvalue weighted by Crippen LogP contribution is -1.92.